The first kappa shape index (κ1) is 11.0. The molecule has 2 heterocycles. The molecule has 0 fully saturated rings. The third kappa shape index (κ3) is 2.19. The van der Waals surface area contributed by atoms with E-state index in [1.165, 1.54) is 33.9 Å². The molecule has 0 N–H and O–H groups in total. The minimum absolute atomic E-state index is 0.00661. The van der Waals surface area contributed by atoms with Crippen molar-refractivity contribution in [2.45, 2.75) is 10.1 Å². The predicted octanol–water partition coefficient (Wildman–Crippen LogP) is 1.47. The van der Waals surface area contributed by atoms with Crippen molar-refractivity contribution in [3.8, 4) is 0 Å². The van der Waals surface area contributed by atoms with Gasteiger partial charge in [0.25, 0.3) is 0 Å². The summed E-state index contributed by atoms with van der Waals surface area (Å²) < 4.78 is 2.29. The lowest BCUT2D eigenvalue weighted by Crippen LogP contribution is -2.00. The Balaban J connectivity index is 2.08. The Hall–Kier alpha value is -1.48. The molecule has 2 aromatic rings. The Labute approximate surface area is 98.7 Å². The summed E-state index contributed by atoms with van der Waals surface area (Å²) in [5, 5.41) is 18.2. The van der Waals surface area contributed by atoms with Gasteiger partial charge in [0.2, 0.25) is 5.82 Å². The van der Waals surface area contributed by atoms with Gasteiger partial charge in [-0.3, -0.25) is 0 Å². The van der Waals surface area contributed by atoms with Crippen LogP contribution in [-0.4, -0.2) is 24.7 Å². The second-order valence-corrected chi connectivity index (χ2v) is 4.90. The Kier molecular flexibility index (Phi) is 3.15. The van der Waals surface area contributed by atoms with Gasteiger partial charge in [0, 0.05) is 0 Å². The highest BCUT2D eigenvalue weighted by atomic mass is 32.2. The van der Waals surface area contributed by atoms with Gasteiger partial charge in [0.1, 0.15) is 11.7 Å². The first-order valence-corrected chi connectivity index (χ1v) is 6.09. The van der Waals surface area contributed by atoms with E-state index in [1.54, 1.807) is 12.6 Å². The van der Waals surface area contributed by atoms with E-state index in [0.717, 1.165) is 4.34 Å². The van der Waals surface area contributed by atoms with E-state index in [0.29, 0.717) is 11.6 Å². The van der Waals surface area contributed by atoms with E-state index < -0.39 is 4.92 Å². The predicted molar refractivity (Wildman–Crippen MR) is 59.3 cm³/mol. The average molecular weight is 257 g/mol. The molecular formula is C7H7N5O2S2. The molecule has 0 amide bonds. The van der Waals surface area contributed by atoms with Gasteiger partial charge in [-0.15, -0.1) is 10.2 Å². The number of rotatable bonds is 4. The van der Waals surface area contributed by atoms with Gasteiger partial charge in [0.15, 0.2) is 4.34 Å². The van der Waals surface area contributed by atoms with Gasteiger partial charge in [0.05, 0.1) is 12.8 Å². The Morgan fingerprint density at radius 3 is 3.06 bits per heavy atom. The summed E-state index contributed by atoms with van der Waals surface area (Å²) in [7, 11) is 1.63. The standard InChI is InChI=1S/C7H7N5O2S2/c1-11-5(8-2-6(11)12(13)14)3-15-7-10-9-4-16-7/h2,4H,3H2,1H3. The molecular weight excluding hydrogens is 250 g/mol. The molecule has 2 rings (SSSR count). The van der Waals surface area contributed by atoms with E-state index in [2.05, 4.69) is 15.2 Å². The molecule has 0 aliphatic rings. The lowest BCUT2D eigenvalue weighted by atomic mass is 10.7. The zero-order chi connectivity index (χ0) is 11.5. The van der Waals surface area contributed by atoms with Gasteiger partial charge >= 0.3 is 5.82 Å². The number of hydrogen-bond acceptors (Lipinski definition) is 7. The van der Waals surface area contributed by atoms with Gasteiger partial charge in [-0.2, -0.15) is 0 Å². The first-order valence-electron chi connectivity index (χ1n) is 4.22. The number of imidazole rings is 1. The molecule has 0 radical (unpaired) electrons. The largest absolute Gasteiger partial charge is 0.358 e. The molecule has 9 heteroatoms. The number of aromatic nitrogens is 4. The molecule has 0 atom stereocenters. The van der Waals surface area contributed by atoms with Crippen molar-refractivity contribution >= 4 is 28.9 Å². The molecule has 0 saturated carbocycles. The number of nitro groups is 1. The molecule has 0 aliphatic heterocycles. The smallest absolute Gasteiger partial charge is 0.342 e. The number of hydrogen-bond donors (Lipinski definition) is 0. The molecule has 84 valence electrons. The highest BCUT2D eigenvalue weighted by Crippen LogP contribution is 2.24. The molecule has 16 heavy (non-hydrogen) atoms. The van der Waals surface area contributed by atoms with Crippen LogP contribution < -0.4 is 0 Å². The molecule has 0 aromatic carbocycles. The third-order valence-electron chi connectivity index (χ3n) is 1.91. The van der Waals surface area contributed by atoms with Gasteiger partial charge in [-0.1, -0.05) is 23.1 Å². The summed E-state index contributed by atoms with van der Waals surface area (Å²) in [5.74, 6) is 1.18. The number of nitrogens with zero attached hydrogens (tertiary/aromatic N) is 5. The average Bonchev–Trinajstić information content (AvgIpc) is 2.84. The molecule has 0 aliphatic carbocycles. The highest BCUT2D eigenvalue weighted by Gasteiger charge is 2.16. The van der Waals surface area contributed by atoms with E-state index in [1.807, 2.05) is 0 Å². The minimum Gasteiger partial charge on any atom is -0.358 e. The Morgan fingerprint density at radius 2 is 2.50 bits per heavy atom. The lowest BCUT2D eigenvalue weighted by molar-refractivity contribution is -0.391. The van der Waals surface area contributed by atoms with Crippen LogP contribution in [0.25, 0.3) is 0 Å². The first-order chi connectivity index (χ1) is 7.68. The maximum absolute atomic E-state index is 10.6. The molecule has 0 unspecified atom stereocenters. The molecule has 2 aromatic heterocycles. The summed E-state index contributed by atoms with van der Waals surface area (Å²) in [6.45, 7) is 0. The fraction of sp³-hybridized carbons (Fsp3) is 0.286. The van der Waals surface area contributed by atoms with Crippen molar-refractivity contribution in [2.75, 3.05) is 0 Å². The van der Waals surface area contributed by atoms with Crippen LogP contribution in [0.15, 0.2) is 16.0 Å². The van der Waals surface area contributed by atoms with E-state index >= 15 is 0 Å². The van der Waals surface area contributed by atoms with Crippen molar-refractivity contribution in [2.24, 2.45) is 7.05 Å². The van der Waals surface area contributed by atoms with E-state index in [9.17, 15) is 10.1 Å². The van der Waals surface area contributed by atoms with Crippen LogP contribution in [0.5, 0.6) is 0 Å². The molecule has 0 bridgehead atoms. The van der Waals surface area contributed by atoms with Crippen molar-refractivity contribution in [1.29, 1.82) is 0 Å². The SMILES string of the molecule is Cn1c([N+](=O)[O-])cnc1CSc1nncs1. The van der Waals surface area contributed by atoms with Gasteiger partial charge < -0.3 is 10.1 Å². The topological polar surface area (TPSA) is 86.7 Å². The van der Waals surface area contributed by atoms with Crippen molar-refractivity contribution in [3.63, 3.8) is 0 Å². The fourth-order valence-corrected chi connectivity index (χ4v) is 2.58. The number of thioether (sulfide) groups is 1. The summed E-state index contributed by atoms with van der Waals surface area (Å²) >= 11 is 2.89. The van der Waals surface area contributed by atoms with E-state index in [4.69, 9.17) is 0 Å². The van der Waals surface area contributed by atoms with Gasteiger partial charge in [-0.05, 0) is 4.92 Å². The minimum atomic E-state index is -0.452. The summed E-state index contributed by atoms with van der Waals surface area (Å²) in [6, 6.07) is 0. The maximum atomic E-state index is 10.6. The quantitative estimate of drug-likeness (QED) is 0.468. The zero-order valence-electron chi connectivity index (χ0n) is 8.23. The maximum Gasteiger partial charge on any atom is 0.342 e. The zero-order valence-corrected chi connectivity index (χ0v) is 9.86. The third-order valence-corrected chi connectivity index (χ3v) is 3.77. The van der Waals surface area contributed by atoms with E-state index in [-0.39, 0.29) is 5.82 Å². The molecule has 0 spiro atoms. The monoisotopic (exact) mass is 257 g/mol. The second kappa shape index (κ2) is 4.58. The second-order valence-electron chi connectivity index (χ2n) is 2.84. The summed E-state index contributed by atoms with van der Waals surface area (Å²) in [6.07, 6.45) is 1.26. The molecule has 7 nitrogen and oxygen atoms in total. The van der Waals surface area contributed by atoms with Crippen LogP contribution >= 0.6 is 23.1 Å². The van der Waals surface area contributed by atoms with Gasteiger partial charge in [-0.25, -0.2) is 9.55 Å². The molecule has 0 saturated heterocycles. The van der Waals surface area contributed by atoms with Crippen LogP contribution in [0.1, 0.15) is 5.82 Å². The summed E-state index contributed by atoms with van der Waals surface area (Å²) in [5.41, 5.74) is 1.64. The highest BCUT2D eigenvalue weighted by molar-refractivity contribution is 8.00. The summed E-state index contributed by atoms with van der Waals surface area (Å²) in [4.78, 5) is 14.1. The van der Waals surface area contributed by atoms with Crippen LogP contribution in [-0.2, 0) is 12.8 Å². The Morgan fingerprint density at radius 1 is 1.69 bits per heavy atom. The lowest BCUT2D eigenvalue weighted by Gasteiger charge is -1.96. The van der Waals surface area contributed by atoms with Crippen LogP contribution in [0.3, 0.4) is 0 Å². The van der Waals surface area contributed by atoms with Crippen LogP contribution in [0, 0.1) is 10.1 Å². The van der Waals surface area contributed by atoms with Crippen molar-refractivity contribution in [1.82, 2.24) is 19.7 Å². The Bertz CT molecular complexity index is 495. The normalized spacial score (nSPS) is 10.6. The fourth-order valence-electron chi connectivity index (χ4n) is 1.09. The van der Waals surface area contributed by atoms with Crippen LogP contribution in [0.2, 0.25) is 0 Å². The van der Waals surface area contributed by atoms with Crippen molar-refractivity contribution < 1.29 is 4.92 Å². The van der Waals surface area contributed by atoms with Crippen LogP contribution in [0.4, 0.5) is 5.82 Å². The van der Waals surface area contributed by atoms with Crippen molar-refractivity contribution in [3.05, 3.63) is 27.6 Å².